The summed E-state index contributed by atoms with van der Waals surface area (Å²) in [5.74, 6) is 0. The van der Waals surface area contributed by atoms with Crippen molar-refractivity contribution in [1.29, 1.82) is 5.26 Å². The highest BCUT2D eigenvalue weighted by Gasteiger charge is 2.41. The summed E-state index contributed by atoms with van der Waals surface area (Å²) in [5.41, 5.74) is 3.14. The van der Waals surface area contributed by atoms with E-state index in [1.54, 1.807) is 6.07 Å². The minimum atomic E-state index is -0.258. The minimum Gasteiger partial charge on any atom is -0.324 e. The number of urea groups is 1. The van der Waals surface area contributed by atoms with E-state index in [-0.39, 0.29) is 11.4 Å². The van der Waals surface area contributed by atoms with Crippen molar-refractivity contribution < 1.29 is 4.79 Å². The molecule has 2 aliphatic heterocycles. The number of benzene rings is 1. The lowest BCUT2D eigenvalue weighted by Crippen LogP contribution is -2.50. The van der Waals surface area contributed by atoms with Crippen LogP contribution in [-0.4, -0.2) is 53.5 Å². The number of pyridine rings is 1. The molecule has 2 amide bonds. The molecular weight excluding hydrogens is 374 g/mol. The predicted molar refractivity (Wildman–Crippen MR) is 117 cm³/mol. The van der Waals surface area contributed by atoms with Crippen molar-refractivity contribution in [3.8, 4) is 6.07 Å². The van der Waals surface area contributed by atoms with E-state index in [9.17, 15) is 10.1 Å². The third-order valence-electron chi connectivity index (χ3n) is 6.34. The lowest BCUT2D eigenvalue weighted by molar-refractivity contribution is 0.133. The van der Waals surface area contributed by atoms with Gasteiger partial charge in [-0.3, -0.25) is 9.80 Å². The van der Waals surface area contributed by atoms with Crippen LogP contribution in [0.25, 0.3) is 0 Å². The maximum Gasteiger partial charge on any atom is 0.324 e. The molecule has 6 nitrogen and oxygen atoms in total. The molecule has 0 spiro atoms. The number of anilines is 1. The second-order valence-electron chi connectivity index (χ2n) is 9.05. The first-order chi connectivity index (χ1) is 14.4. The molecule has 0 bridgehead atoms. The zero-order valence-electron chi connectivity index (χ0n) is 18.0. The monoisotopic (exact) mass is 403 g/mol. The molecule has 0 saturated carbocycles. The molecule has 0 aliphatic carbocycles. The molecule has 1 aromatic heterocycles. The summed E-state index contributed by atoms with van der Waals surface area (Å²) in [6.07, 6.45) is 1.95. The SMILES string of the molecule is CN(Cc1ccccc1)C1CCN(C(=O)N2CC(C)(C)c3nc(C#N)ccc32)CC1. The van der Waals surface area contributed by atoms with Gasteiger partial charge in [0, 0.05) is 37.6 Å². The third-order valence-corrected chi connectivity index (χ3v) is 6.34. The lowest BCUT2D eigenvalue weighted by atomic mass is 9.91. The van der Waals surface area contributed by atoms with Crippen LogP contribution in [0, 0.1) is 11.3 Å². The Bertz CT molecular complexity index is 957. The van der Waals surface area contributed by atoms with Crippen LogP contribution >= 0.6 is 0 Å². The Kier molecular flexibility index (Phi) is 5.48. The van der Waals surface area contributed by atoms with Gasteiger partial charge in [0.2, 0.25) is 0 Å². The van der Waals surface area contributed by atoms with Crippen LogP contribution in [0.15, 0.2) is 42.5 Å². The highest BCUT2D eigenvalue weighted by molar-refractivity contribution is 5.94. The van der Waals surface area contributed by atoms with Crippen LogP contribution in [-0.2, 0) is 12.0 Å². The molecule has 0 radical (unpaired) electrons. The average molecular weight is 404 g/mol. The van der Waals surface area contributed by atoms with E-state index >= 15 is 0 Å². The zero-order valence-corrected chi connectivity index (χ0v) is 18.0. The first-order valence-corrected chi connectivity index (χ1v) is 10.6. The Morgan fingerprint density at radius 2 is 1.90 bits per heavy atom. The van der Waals surface area contributed by atoms with Gasteiger partial charge in [-0.2, -0.15) is 5.26 Å². The van der Waals surface area contributed by atoms with Crippen LogP contribution in [0.2, 0.25) is 0 Å². The summed E-state index contributed by atoms with van der Waals surface area (Å²) in [4.78, 5) is 24.0. The molecule has 30 heavy (non-hydrogen) atoms. The Balaban J connectivity index is 1.40. The van der Waals surface area contributed by atoms with E-state index in [4.69, 9.17) is 0 Å². The quantitative estimate of drug-likeness (QED) is 0.783. The lowest BCUT2D eigenvalue weighted by Gasteiger charge is -2.38. The van der Waals surface area contributed by atoms with Crippen LogP contribution in [0.1, 0.15) is 43.6 Å². The Hall–Kier alpha value is -2.91. The number of nitriles is 1. The van der Waals surface area contributed by atoms with Gasteiger partial charge in [-0.15, -0.1) is 0 Å². The largest absolute Gasteiger partial charge is 0.324 e. The van der Waals surface area contributed by atoms with Gasteiger partial charge in [-0.1, -0.05) is 44.2 Å². The van der Waals surface area contributed by atoms with Crippen LogP contribution in [0.4, 0.5) is 10.5 Å². The van der Waals surface area contributed by atoms with Crippen molar-refractivity contribution in [3.05, 3.63) is 59.4 Å². The molecule has 0 atom stereocenters. The summed E-state index contributed by atoms with van der Waals surface area (Å²) in [6.45, 7) is 7.21. The summed E-state index contributed by atoms with van der Waals surface area (Å²) in [5, 5.41) is 9.18. The van der Waals surface area contributed by atoms with Gasteiger partial charge in [0.25, 0.3) is 0 Å². The third kappa shape index (κ3) is 3.90. The fraction of sp³-hybridized carbons (Fsp3) is 0.458. The van der Waals surface area contributed by atoms with E-state index in [1.807, 2.05) is 21.9 Å². The number of carbonyl (C=O) groups excluding carboxylic acids is 1. The van der Waals surface area contributed by atoms with E-state index in [2.05, 4.69) is 61.1 Å². The van der Waals surface area contributed by atoms with Gasteiger partial charge in [0.1, 0.15) is 11.8 Å². The Labute approximate surface area is 178 Å². The number of nitrogens with zero attached hydrogens (tertiary/aromatic N) is 5. The topological polar surface area (TPSA) is 63.5 Å². The van der Waals surface area contributed by atoms with Gasteiger partial charge >= 0.3 is 6.03 Å². The Morgan fingerprint density at radius 3 is 2.57 bits per heavy atom. The van der Waals surface area contributed by atoms with Crippen molar-refractivity contribution in [2.75, 3.05) is 31.6 Å². The zero-order chi connectivity index (χ0) is 21.3. The van der Waals surface area contributed by atoms with Gasteiger partial charge in [-0.25, -0.2) is 9.78 Å². The van der Waals surface area contributed by atoms with Gasteiger partial charge in [0.05, 0.1) is 11.4 Å². The van der Waals surface area contributed by atoms with Crippen molar-refractivity contribution in [3.63, 3.8) is 0 Å². The predicted octanol–water partition coefficient (Wildman–Crippen LogP) is 3.77. The second-order valence-corrected chi connectivity index (χ2v) is 9.05. The highest BCUT2D eigenvalue weighted by atomic mass is 16.2. The molecule has 1 saturated heterocycles. The molecule has 2 aliphatic rings. The van der Waals surface area contributed by atoms with Crippen molar-refractivity contribution in [2.45, 2.75) is 44.7 Å². The summed E-state index contributed by atoms with van der Waals surface area (Å²) < 4.78 is 0. The van der Waals surface area contributed by atoms with Gasteiger partial charge < -0.3 is 4.90 Å². The second kappa shape index (κ2) is 8.08. The molecule has 6 heteroatoms. The number of carbonyl (C=O) groups is 1. The molecule has 0 unspecified atom stereocenters. The smallest absolute Gasteiger partial charge is 0.324 e. The van der Waals surface area contributed by atoms with Crippen LogP contribution in [0.3, 0.4) is 0 Å². The molecule has 156 valence electrons. The fourth-order valence-corrected chi connectivity index (χ4v) is 4.63. The average Bonchev–Trinajstić information content (AvgIpc) is 3.04. The summed E-state index contributed by atoms with van der Waals surface area (Å²) in [7, 11) is 2.17. The standard InChI is InChI=1S/C24H29N5O/c1-24(2)17-29(21-10-9-19(15-25)26-22(21)24)23(30)28-13-11-20(12-14-28)27(3)16-18-7-5-4-6-8-18/h4-10,20H,11-14,16-17H2,1-3H3. The van der Waals surface area contributed by atoms with E-state index in [0.29, 0.717) is 18.3 Å². The summed E-state index contributed by atoms with van der Waals surface area (Å²) >= 11 is 0. The molecule has 1 fully saturated rings. The van der Waals surface area contributed by atoms with Crippen LogP contribution in [0.5, 0.6) is 0 Å². The number of amides is 2. The van der Waals surface area contributed by atoms with Gasteiger partial charge in [-0.05, 0) is 37.6 Å². The number of fused-ring (bicyclic) bond motifs is 1. The number of hydrogen-bond acceptors (Lipinski definition) is 4. The number of likely N-dealkylation sites (tertiary alicyclic amines) is 1. The van der Waals surface area contributed by atoms with E-state index in [1.165, 1.54) is 5.56 Å². The maximum absolute atomic E-state index is 13.3. The van der Waals surface area contributed by atoms with Crippen molar-refractivity contribution in [1.82, 2.24) is 14.8 Å². The highest BCUT2D eigenvalue weighted by Crippen LogP contribution is 2.40. The molecule has 4 rings (SSSR count). The summed E-state index contributed by atoms with van der Waals surface area (Å²) in [6, 6.07) is 16.7. The fourth-order valence-electron chi connectivity index (χ4n) is 4.63. The van der Waals surface area contributed by atoms with Gasteiger partial charge in [0.15, 0.2) is 0 Å². The number of rotatable bonds is 3. The first kappa shape index (κ1) is 20.4. The number of hydrogen-bond donors (Lipinski definition) is 0. The van der Waals surface area contributed by atoms with Crippen molar-refractivity contribution in [2.24, 2.45) is 0 Å². The van der Waals surface area contributed by atoms with E-state index < -0.39 is 0 Å². The first-order valence-electron chi connectivity index (χ1n) is 10.6. The minimum absolute atomic E-state index is 0.0532. The van der Waals surface area contributed by atoms with Crippen molar-refractivity contribution >= 4 is 11.7 Å². The number of aromatic nitrogens is 1. The molecule has 1 aromatic carbocycles. The molecule has 2 aromatic rings. The normalized spacial score (nSPS) is 18.4. The Morgan fingerprint density at radius 1 is 1.20 bits per heavy atom. The molecule has 3 heterocycles. The maximum atomic E-state index is 13.3. The van der Waals surface area contributed by atoms with Crippen LogP contribution < -0.4 is 4.90 Å². The molecule has 0 N–H and O–H groups in total. The number of piperidine rings is 1. The molecular formula is C24H29N5O. The van der Waals surface area contributed by atoms with E-state index in [0.717, 1.165) is 43.9 Å².